The second-order valence-corrected chi connectivity index (χ2v) is 3.14. The summed E-state index contributed by atoms with van der Waals surface area (Å²) < 4.78 is 0. The van der Waals surface area contributed by atoms with Gasteiger partial charge >= 0.3 is 0 Å². The third-order valence-corrected chi connectivity index (χ3v) is 2.12. The molecule has 0 saturated heterocycles. The van der Waals surface area contributed by atoms with Gasteiger partial charge in [-0.05, 0) is 6.92 Å². The zero-order chi connectivity index (χ0) is 10.6. The third kappa shape index (κ3) is 3.06. The highest BCUT2D eigenvalue weighted by molar-refractivity contribution is 6.42. The van der Waals surface area contributed by atoms with Crippen molar-refractivity contribution in [2.24, 2.45) is 5.10 Å². The van der Waals surface area contributed by atoms with Gasteiger partial charge < -0.3 is 4.90 Å². The minimum atomic E-state index is -0.358. The maximum Gasteiger partial charge on any atom is 0.286 e. The molecule has 0 saturated carbocycles. The Morgan fingerprint density at radius 2 is 1.85 bits per heavy atom. The molecule has 5 heteroatoms. The number of allylic oxidation sites excluding steroid dienone is 1. The average molecular weight is 204 g/mol. The predicted octanol–water partition coefficient (Wildman–Crippen LogP) is 1.09. The van der Waals surface area contributed by atoms with Gasteiger partial charge in [-0.15, -0.1) is 0 Å². The molecule has 0 aliphatic carbocycles. The molecule has 0 atom stereocenters. The first-order chi connectivity index (χ1) is 5.91. The van der Waals surface area contributed by atoms with Crippen LogP contribution in [0.3, 0.4) is 0 Å². The summed E-state index contributed by atoms with van der Waals surface area (Å²) in [4.78, 5) is 13.2. The number of carbonyl (C=O) groups is 1. The zero-order valence-corrected chi connectivity index (χ0v) is 9.09. The van der Waals surface area contributed by atoms with E-state index in [0.29, 0.717) is 5.70 Å². The average Bonchev–Trinajstić information content (AvgIpc) is 2.12. The van der Waals surface area contributed by atoms with Crippen LogP contribution in [-0.2, 0) is 4.79 Å². The van der Waals surface area contributed by atoms with Gasteiger partial charge in [0.1, 0.15) is 5.03 Å². The normalized spacial score (nSPS) is 11.8. The molecule has 74 valence electrons. The van der Waals surface area contributed by atoms with Gasteiger partial charge in [-0.3, -0.25) is 4.79 Å². The van der Waals surface area contributed by atoms with Crippen LogP contribution in [0.15, 0.2) is 15.8 Å². The highest BCUT2D eigenvalue weighted by Crippen LogP contribution is 2.13. The Kier molecular flexibility index (Phi) is 4.48. The lowest BCUT2D eigenvalue weighted by Crippen LogP contribution is -2.23. The van der Waals surface area contributed by atoms with E-state index in [1.807, 2.05) is 14.1 Å². The number of hydrogen-bond acceptors (Lipinski definition) is 3. The minimum Gasteiger partial charge on any atom is -0.380 e. The van der Waals surface area contributed by atoms with Crippen molar-refractivity contribution in [2.75, 3.05) is 21.1 Å². The first kappa shape index (κ1) is 12.0. The topological polar surface area (TPSA) is 35.9 Å². The molecule has 0 rings (SSSR count). The second kappa shape index (κ2) is 4.87. The Bertz CT molecular complexity index is 248. The van der Waals surface area contributed by atoms with E-state index in [9.17, 15) is 4.79 Å². The monoisotopic (exact) mass is 203 g/mol. The predicted molar refractivity (Wildman–Crippen MR) is 54.6 cm³/mol. The highest BCUT2D eigenvalue weighted by Gasteiger charge is 2.14. The van der Waals surface area contributed by atoms with E-state index in [0.717, 1.165) is 5.01 Å². The lowest BCUT2D eigenvalue weighted by atomic mass is 10.4. The lowest BCUT2D eigenvalue weighted by Gasteiger charge is -2.16. The molecule has 0 aromatic rings. The van der Waals surface area contributed by atoms with Crippen LogP contribution in [0.1, 0.15) is 6.92 Å². The van der Waals surface area contributed by atoms with Crippen LogP contribution >= 0.6 is 11.6 Å². The maximum absolute atomic E-state index is 11.4. The van der Waals surface area contributed by atoms with Crippen molar-refractivity contribution in [2.45, 2.75) is 6.92 Å². The smallest absolute Gasteiger partial charge is 0.286 e. The van der Waals surface area contributed by atoms with Gasteiger partial charge in [-0.2, -0.15) is 5.10 Å². The van der Waals surface area contributed by atoms with Crippen LogP contribution < -0.4 is 0 Å². The first-order valence-electron chi connectivity index (χ1n) is 3.70. The number of nitrogens with zero attached hydrogens (tertiary/aromatic N) is 3. The van der Waals surface area contributed by atoms with Crippen molar-refractivity contribution in [3.63, 3.8) is 0 Å². The molecule has 0 unspecified atom stereocenters. The van der Waals surface area contributed by atoms with Crippen molar-refractivity contribution in [3.05, 3.63) is 10.7 Å². The number of amides is 1. The van der Waals surface area contributed by atoms with Crippen LogP contribution in [0.2, 0.25) is 0 Å². The quantitative estimate of drug-likeness (QED) is 0.391. The van der Waals surface area contributed by atoms with Crippen molar-refractivity contribution in [1.29, 1.82) is 0 Å². The molecule has 0 aliphatic rings. The van der Waals surface area contributed by atoms with Crippen molar-refractivity contribution < 1.29 is 4.79 Å². The molecule has 0 aromatic carbocycles. The fourth-order valence-electron chi connectivity index (χ4n) is 0.557. The number of rotatable bonds is 3. The lowest BCUT2D eigenvalue weighted by molar-refractivity contribution is -0.125. The standard InChI is InChI=1S/C8H14ClN3O/c1-6(11(3)4)7(9)8(13)12(5)10-2/h2H2,1,3-5H3. The van der Waals surface area contributed by atoms with Gasteiger partial charge in [0.05, 0.1) is 0 Å². The van der Waals surface area contributed by atoms with E-state index in [1.165, 1.54) is 7.05 Å². The Morgan fingerprint density at radius 1 is 1.38 bits per heavy atom. The SMILES string of the molecule is C=NN(C)C(=O)C(Cl)=C(C)N(C)C. The highest BCUT2D eigenvalue weighted by atomic mass is 35.5. The van der Waals surface area contributed by atoms with Crippen LogP contribution in [0.4, 0.5) is 0 Å². The van der Waals surface area contributed by atoms with Gasteiger partial charge in [0.15, 0.2) is 0 Å². The summed E-state index contributed by atoms with van der Waals surface area (Å²) >= 11 is 5.81. The van der Waals surface area contributed by atoms with Crippen LogP contribution in [0.25, 0.3) is 0 Å². The van der Waals surface area contributed by atoms with Crippen molar-refractivity contribution in [1.82, 2.24) is 9.91 Å². The van der Waals surface area contributed by atoms with Crippen LogP contribution in [-0.4, -0.2) is 43.7 Å². The van der Waals surface area contributed by atoms with E-state index >= 15 is 0 Å². The largest absolute Gasteiger partial charge is 0.380 e. The Labute approximate surface area is 83.5 Å². The zero-order valence-electron chi connectivity index (χ0n) is 8.33. The molecule has 13 heavy (non-hydrogen) atoms. The minimum absolute atomic E-state index is 0.153. The summed E-state index contributed by atoms with van der Waals surface area (Å²) in [6, 6.07) is 0. The van der Waals surface area contributed by atoms with Gasteiger partial charge in [0.2, 0.25) is 0 Å². The molecule has 0 radical (unpaired) electrons. The molecule has 0 heterocycles. The molecular formula is C8H14ClN3O. The summed E-state index contributed by atoms with van der Waals surface area (Å²) in [5, 5.41) is 4.69. The second-order valence-electron chi connectivity index (χ2n) is 2.76. The number of halogens is 1. The molecule has 4 nitrogen and oxygen atoms in total. The van der Waals surface area contributed by atoms with Crippen molar-refractivity contribution in [3.8, 4) is 0 Å². The summed E-state index contributed by atoms with van der Waals surface area (Å²) in [5.74, 6) is -0.358. The summed E-state index contributed by atoms with van der Waals surface area (Å²) in [6.07, 6.45) is 0. The number of carbonyl (C=O) groups excluding carboxylic acids is 1. The Morgan fingerprint density at radius 3 is 2.15 bits per heavy atom. The molecular weight excluding hydrogens is 190 g/mol. The fraction of sp³-hybridized carbons (Fsp3) is 0.500. The van der Waals surface area contributed by atoms with E-state index in [2.05, 4.69) is 11.8 Å². The Hall–Kier alpha value is -1.03. The van der Waals surface area contributed by atoms with Crippen LogP contribution in [0.5, 0.6) is 0 Å². The molecule has 0 fully saturated rings. The van der Waals surface area contributed by atoms with E-state index in [1.54, 1.807) is 11.8 Å². The number of hydrogen-bond donors (Lipinski definition) is 0. The maximum atomic E-state index is 11.4. The van der Waals surface area contributed by atoms with Gasteiger partial charge in [0, 0.05) is 33.6 Å². The number of hydrazone groups is 1. The summed E-state index contributed by atoms with van der Waals surface area (Å²) in [7, 11) is 5.12. The first-order valence-corrected chi connectivity index (χ1v) is 4.08. The summed E-state index contributed by atoms with van der Waals surface area (Å²) in [6.45, 7) is 4.99. The summed E-state index contributed by atoms with van der Waals surface area (Å²) in [5.41, 5.74) is 0.696. The molecule has 0 spiro atoms. The van der Waals surface area contributed by atoms with E-state index < -0.39 is 0 Å². The van der Waals surface area contributed by atoms with Gasteiger partial charge in [-0.1, -0.05) is 11.6 Å². The van der Waals surface area contributed by atoms with Crippen LogP contribution in [0, 0.1) is 0 Å². The van der Waals surface area contributed by atoms with E-state index in [-0.39, 0.29) is 10.9 Å². The molecule has 0 N–H and O–H groups in total. The van der Waals surface area contributed by atoms with E-state index in [4.69, 9.17) is 11.6 Å². The molecule has 0 aliphatic heterocycles. The van der Waals surface area contributed by atoms with Gasteiger partial charge in [0.25, 0.3) is 5.91 Å². The number of likely N-dealkylation sites (N-methyl/N-ethyl adjacent to an activating group) is 1. The fourth-order valence-corrected chi connectivity index (χ4v) is 0.849. The molecule has 0 bridgehead atoms. The molecule has 0 aromatic heterocycles. The molecule has 1 amide bonds. The van der Waals surface area contributed by atoms with Crippen molar-refractivity contribution >= 4 is 24.2 Å². The Balaban J connectivity index is 4.77. The third-order valence-electron chi connectivity index (χ3n) is 1.68. The van der Waals surface area contributed by atoms with Gasteiger partial charge in [-0.25, -0.2) is 5.01 Å².